The van der Waals surface area contributed by atoms with Gasteiger partial charge in [0.2, 0.25) is 6.04 Å². The number of nitrogens with zero attached hydrogens (tertiary/aromatic N) is 2. The number of hydrogen-bond acceptors (Lipinski definition) is 4. The minimum Gasteiger partial charge on any atom is -0.432 e. The molecule has 0 bridgehead atoms. The minimum absolute atomic E-state index is 0.223. The highest BCUT2D eigenvalue weighted by molar-refractivity contribution is 6.45. The van der Waals surface area contributed by atoms with Gasteiger partial charge in [0.05, 0.1) is 12.5 Å². The molecule has 0 spiro atoms. The largest absolute Gasteiger partial charge is 0.432 e. The van der Waals surface area contributed by atoms with Crippen LogP contribution in [0, 0.1) is 10.1 Å². The summed E-state index contributed by atoms with van der Waals surface area (Å²) in [5, 5.41) is 20.7. The maximum absolute atomic E-state index is 11.2. The van der Waals surface area contributed by atoms with Crippen molar-refractivity contribution in [1.29, 1.82) is 0 Å². The maximum atomic E-state index is 11.2. The molecule has 1 heterocycles. The predicted molar refractivity (Wildman–Crippen MR) is 69.6 cm³/mol. The highest BCUT2D eigenvalue weighted by Gasteiger charge is 2.36. The zero-order valence-corrected chi connectivity index (χ0v) is 10.1. The van der Waals surface area contributed by atoms with Gasteiger partial charge < -0.3 is 9.83 Å². The van der Waals surface area contributed by atoms with Gasteiger partial charge in [0.25, 0.3) is 0 Å². The third-order valence-electron chi connectivity index (χ3n) is 3.23. The molecule has 18 heavy (non-hydrogen) atoms. The summed E-state index contributed by atoms with van der Waals surface area (Å²) in [4.78, 5) is 12.5. The molecule has 2 rings (SSSR count). The molecule has 94 valence electrons. The Morgan fingerprint density at radius 2 is 2.11 bits per heavy atom. The molecule has 1 aromatic rings. The summed E-state index contributed by atoms with van der Waals surface area (Å²) in [5.41, 5.74) is 0.931. The molecular formula is C12H15BN2O3. The molecule has 5 nitrogen and oxygen atoms in total. The van der Waals surface area contributed by atoms with Gasteiger partial charge >= 0.3 is 7.05 Å². The van der Waals surface area contributed by atoms with E-state index >= 15 is 0 Å². The number of nitro groups is 1. The van der Waals surface area contributed by atoms with Crippen LogP contribution in [0.1, 0.15) is 11.5 Å². The summed E-state index contributed by atoms with van der Waals surface area (Å²) in [7, 11) is -0.708. The lowest BCUT2D eigenvalue weighted by Crippen LogP contribution is -2.46. The Labute approximate surface area is 106 Å². The second-order valence-corrected chi connectivity index (χ2v) is 4.46. The van der Waals surface area contributed by atoms with Crippen molar-refractivity contribution in [2.24, 2.45) is 0 Å². The van der Waals surface area contributed by atoms with E-state index in [0.717, 1.165) is 5.56 Å². The molecule has 0 radical (unpaired) electrons. The molecule has 0 aliphatic carbocycles. The van der Waals surface area contributed by atoms with Crippen molar-refractivity contribution >= 4 is 7.05 Å². The lowest BCUT2D eigenvalue weighted by Gasteiger charge is -2.31. The molecule has 6 heteroatoms. The fourth-order valence-electron chi connectivity index (χ4n) is 2.21. The first kappa shape index (κ1) is 12.6. The number of hydrogen-bond donors (Lipinski definition) is 1. The summed E-state index contributed by atoms with van der Waals surface area (Å²) < 4.78 is 0. The Kier molecular flexibility index (Phi) is 3.67. The molecule has 1 aliphatic rings. The monoisotopic (exact) mass is 246 g/mol. The lowest BCUT2D eigenvalue weighted by molar-refractivity contribution is -0.525. The molecule has 1 aliphatic heterocycles. The summed E-state index contributed by atoms with van der Waals surface area (Å²) >= 11 is 0. The summed E-state index contributed by atoms with van der Waals surface area (Å²) in [6.07, 6.45) is 3.53. The highest BCUT2D eigenvalue weighted by Crippen LogP contribution is 2.27. The van der Waals surface area contributed by atoms with E-state index in [1.54, 1.807) is 23.9 Å². The fourth-order valence-corrected chi connectivity index (χ4v) is 2.21. The molecule has 0 unspecified atom stereocenters. The standard InChI is InChI=1S/C12H15BN2O3/c1-13(16)14-8-7-11(12(9-14)15(17)18)10-5-3-2-4-6-10/h2-8,11-12,16H,9H2,1H3/t11-,12-/m1/s1. The first-order chi connectivity index (χ1) is 8.59. The van der Waals surface area contributed by atoms with Crippen LogP contribution in [0.4, 0.5) is 0 Å². The number of rotatable bonds is 3. The average molecular weight is 246 g/mol. The first-order valence-electron chi connectivity index (χ1n) is 5.90. The van der Waals surface area contributed by atoms with E-state index in [4.69, 9.17) is 0 Å². The molecule has 2 atom stereocenters. The second kappa shape index (κ2) is 5.22. The molecule has 0 amide bonds. The zero-order chi connectivity index (χ0) is 13.1. The topological polar surface area (TPSA) is 66.6 Å². The Hall–Kier alpha value is -1.82. The smallest absolute Gasteiger partial charge is 0.409 e. The summed E-state index contributed by atoms with van der Waals surface area (Å²) in [5.74, 6) is -0.240. The van der Waals surface area contributed by atoms with Gasteiger partial charge in [-0.25, -0.2) is 0 Å². The predicted octanol–water partition coefficient (Wildman–Crippen LogP) is 1.36. The van der Waals surface area contributed by atoms with Gasteiger partial charge in [-0.1, -0.05) is 36.4 Å². The van der Waals surface area contributed by atoms with Gasteiger partial charge in [0.15, 0.2) is 0 Å². The molecule has 0 saturated carbocycles. The van der Waals surface area contributed by atoms with Crippen LogP contribution in [-0.4, -0.2) is 34.4 Å². The fraction of sp³-hybridized carbons (Fsp3) is 0.333. The zero-order valence-electron chi connectivity index (χ0n) is 10.1. The van der Waals surface area contributed by atoms with E-state index < -0.39 is 13.1 Å². The molecular weight excluding hydrogens is 231 g/mol. The van der Waals surface area contributed by atoms with Crippen LogP contribution in [0.3, 0.4) is 0 Å². The van der Waals surface area contributed by atoms with Gasteiger partial charge in [-0.2, -0.15) is 0 Å². The number of benzene rings is 1. The molecule has 0 fully saturated rings. The SMILES string of the molecule is CB(O)N1C=C[C@H](c2ccccc2)[C@H]([N+](=O)[O-])C1. The molecule has 1 N–H and O–H groups in total. The van der Waals surface area contributed by atoms with E-state index in [9.17, 15) is 15.1 Å². The maximum Gasteiger partial charge on any atom is 0.409 e. The van der Waals surface area contributed by atoms with Crippen molar-refractivity contribution in [2.45, 2.75) is 18.8 Å². The van der Waals surface area contributed by atoms with Gasteiger partial charge in [-0.3, -0.25) is 10.1 Å². The van der Waals surface area contributed by atoms with E-state index in [2.05, 4.69) is 0 Å². The Morgan fingerprint density at radius 3 is 2.67 bits per heavy atom. The van der Waals surface area contributed by atoms with Crippen LogP contribution in [-0.2, 0) is 0 Å². The van der Waals surface area contributed by atoms with E-state index in [0.29, 0.717) is 0 Å². The summed E-state index contributed by atoms with van der Waals surface area (Å²) in [6.45, 7) is 1.82. The third kappa shape index (κ3) is 2.54. The van der Waals surface area contributed by atoms with Gasteiger partial charge in [0, 0.05) is 4.92 Å². The van der Waals surface area contributed by atoms with Crippen LogP contribution >= 0.6 is 0 Å². The molecule has 1 aromatic carbocycles. The Balaban J connectivity index is 2.29. The average Bonchev–Trinajstić information content (AvgIpc) is 2.39. The van der Waals surface area contributed by atoms with Crippen LogP contribution in [0.2, 0.25) is 6.82 Å². The second-order valence-electron chi connectivity index (χ2n) is 4.46. The van der Waals surface area contributed by atoms with Crippen molar-refractivity contribution in [1.82, 2.24) is 4.81 Å². The highest BCUT2D eigenvalue weighted by atomic mass is 16.6. The van der Waals surface area contributed by atoms with Gasteiger partial charge in [-0.05, 0) is 18.6 Å². The van der Waals surface area contributed by atoms with Crippen molar-refractivity contribution in [3.63, 3.8) is 0 Å². The third-order valence-corrected chi connectivity index (χ3v) is 3.23. The lowest BCUT2D eigenvalue weighted by atomic mass is 9.80. The summed E-state index contributed by atoms with van der Waals surface area (Å²) in [6, 6.07) is 8.70. The van der Waals surface area contributed by atoms with Crippen molar-refractivity contribution in [2.75, 3.05) is 6.54 Å². The van der Waals surface area contributed by atoms with E-state index in [-0.39, 0.29) is 17.4 Å². The van der Waals surface area contributed by atoms with Crippen LogP contribution in [0.5, 0.6) is 0 Å². The van der Waals surface area contributed by atoms with Gasteiger partial charge in [0.1, 0.15) is 0 Å². The van der Waals surface area contributed by atoms with E-state index in [1.165, 1.54) is 0 Å². The van der Waals surface area contributed by atoms with Crippen LogP contribution in [0.15, 0.2) is 42.6 Å². The van der Waals surface area contributed by atoms with Crippen LogP contribution in [0.25, 0.3) is 0 Å². The van der Waals surface area contributed by atoms with Crippen molar-refractivity contribution < 1.29 is 9.95 Å². The normalized spacial score (nSPS) is 22.9. The van der Waals surface area contributed by atoms with Crippen molar-refractivity contribution in [3.8, 4) is 0 Å². The quantitative estimate of drug-likeness (QED) is 0.496. The Morgan fingerprint density at radius 1 is 1.44 bits per heavy atom. The first-order valence-corrected chi connectivity index (χ1v) is 5.90. The minimum atomic E-state index is -0.730. The van der Waals surface area contributed by atoms with Crippen molar-refractivity contribution in [3.05, 3.63) is 58.3 Å². The molecule has 0 saturated heterocycles. The van der Waals surface area contributed by atoms with Gasteiger partial charge in [-0.15, -0.1) is 0 Å². The molecule has 0 aromatic heterocycles. The Bertz CT molecular complexity index is 450. The van der Waals surface area contributed by atoms with Crippen LogP contribution < -0.4 is 0 Å². The van der Waals surface area contributed by atoms with E-state index in [1.807, 2.05) is 30.3 Å².